The van der Waals surface area contributed by atoms with Gasteiger partial charge in [0.15, 0.2) is 5.78 Å². The minimum atomic E-state index is -0.202. The Bertz CT molecular complexity index is 2700. The molecule has 0 aliphatic carbocycles. The van der Waals surface area contributed by atoms with E-state index in [0.717, 1.165) is 55.0 Å². The molecule has 10 rings (SSSR count). The number of allylic oxidation sites excluding steroid dienone is 1. The molecule has 8 aromatic carbocycles. The molecule has 1 N–H and O–H groups in total. The Morgan fingerprint density at radius 2 is 0.821 bits per heavy atom. The van der Waals surface area contributed by atoms with E-state index in [-0.39, 0.29) is 31.6 Å². The van der Waals surface area contributed by atoms with Crippen molar-refractivity contribution in [1.29, 1.82) is 0 Å². The van der Waals surface area contributed by atoms with Crippen LogP contribution in [0, 0.1) is 12.1 Å². The molecular formula is C47H32IrN6O2-2. The third-order valence-electron chi connectivity index (χ3n) is 8.77. The quantitative estimate of drug-likeness (QED) is 0.0800. The van der Waals surface area contributed by atoms with Crippen LogP contribution in [0.3, 0.4) is 0 Å². The average molecular weight is 905 g/mol. The van der Waals surface area contributed by atoms with Crippen molar-refractivity contribution < 1.29 is 30.0 Å². The number of ketones is 1. The van der Waals surface area contributed by atoms with Crippen LogP contribution >= 0.6 is 0 Å². The van der Waals surface area contributed by atoms with Gasteiger partial charge in [-0.2, -0.15) is 66.4 Å². The topological polar surface area (TPSA) is 98.7 Å². The first-order chi connectivity index (χ1) is 27.1. The molecule has 273 valence electrons. The first-order valence-electron chi connectivity index (χ1n) is 17.6. The standard InChI is InChI=1S/2C16H10N3.C15H12O2.Ir/c2*1-2-8-13-12(6-1)7-5-11-16(13)19-17-14-9-3-4-10-15(14)18-19;16-14(12-7-3-1-4-8-12)11-15(17)13-9-5-2-6-10-13;/h2*1-10H;1-11,16H;/q2*-1;;/b;;14-11-;. The summed E-state index contributed by atoms with van der Waals surface area (Å²) >= 11 is 0. The van der Waals surface area contributed by atoms with E-state index >= 15 is 0 Å². The number of nitrogens with zero attached hydrogens (tertiary/aromatic N) is 6. The van der Waals surface area contributed by atoms with Crippen LogP contribution in [0.2, 0.25) is 0 Å². The van der Waals surface area contributed by atoms with Crippen molar-refractivity contribution in [2.75, 3.05) is 0 Å². The second-order valence-corrected chi connectivity index (χ2v) is 12.4. The maximum absolute atomic E-state index is 11.8. The summed E-state index contributed by atoms with van der Waals surface area (Å²) < 4.78 is 0. The van der Waals surface area contributed by atoms with Crippen LogP contribution in [-0.2, 0) is 20.1 Å². The molecule has 0 bridgehead atoms. The molecule has 1 radical (unpaired) electrons. The van der Waals surface area contributed by atoms with E-state index in [2.05, 4.69) is 56.8 Å². The monoisotopic (exact) mass is 905 g/mol. The summed E-state index contributed by atoms with van der Waals surface area (Å²) in [5.41, 5.74) is 6.54. The number of benzene rings is 8. The van der Waals surface area contributed by atoms with Gasteiger partial charge in [0.1, 0.15) is 27.8 Å². The van der Waals surface area contributed by atoms with Crippen molar-refractivity contribution in [3.63, 3.8) is 0 Å². The summed E-state index contributed by atoms with van der Waals surface area (Å²) in [6.07, 6.45) is 1.24. The van der Waals surface area contributed by atoms with Gasteiger partial charge in [0.05, 0.1) is 0 Å². The van der Waals surface area contributed by atoms with E-state index < -0.39 is 0 Å². The number of aliphatic hydroxyl groups excluding tert-OH is 1. The molecule has 0 saturated heterocycles. The Labute approximate surface area is 336 Å². The summed E-state index contributed by atoms with van der Waals surface area (Å²) in [5, 5.41) is 32.4. The second-order valence-electron chi connectivity index (χ2n) is 12.4. The fraction of sp³-hybridized carbons (Fsp3) is 0. The molecule has 0 aliphatic heterocycles. The van der Waals surface area contributed by atoms with Crippen LogP contribution in [-0.4, -0.2) is 40.9 Å². The van der Waals surface area contributed by atoms with Crippen molar-refractivity contribution in [3.8, 4) is 11.4 Å². The van der Waals surface area contributed by atoms with Gasteiger partial charge >= 0.3 is 0 Å². The molecule has 0 amide bonds. The van der Waals surface area contributed by atoms with Gasteiger partial charge in [0.2, 0.25) is 0 Å². The second kappa shape index (κ2) is 17.4. The van der Waals surface area contributed by atoms with Gasteiger partial charge in [-0.3, -0.25) is 4.79 Å². The Hall–Kier alpha value is -7.06. The molecule has 0 atom stereocenters. The molecule has 0 aliphatic rings. The number of aliphatic hydroxyl groups is 1. The van der Waals surface area contributed by atoms with Gasteiger partial charge in [-0.15, -0.1) is 33.7 Å². The maximum atomic E-state index is 11.8. The van der Waals surface area contributed by atoms with Crippen molar-refractivity contribution in [2.24, 2.45) is 0 Å². The van der Waals surface area contributed by atoms with Crippen molar-refractivity contribution >= 4 is 55.2 Å². The molecular weight excluding hydrogens is 873 g/mol. The van der Waals surface area contributed by atoms with Gasteiger partial charge in [-0.05, 0) is 35.6 Å². The van der Waals surface area contributed by atoms with E-state index in [1.807, 2.05) is 121 Å². The van der Waals surface area contributed by atoms with E-state index in [1.165, 1.54) is 6.08 Å². The summed E-state index contributed by atoms with van der Waals surface area (Å²) in [6.45, 7) is 0. The zero-order chi connectivity index (χ0) is 37.4. The van der Waals surface area contributed by atoms with Crippen LogP contribution in [0.4, 0.5) is 0 Å². The summed E-state index contributed by atoms with van der Waals surface area (Å²) in [6, 6.07) is 64.3. The number of hydrogen-bond donors (Lipinski definition) is 1. The first-order valence-corrected chi connectivity index (χ1v) is 17.6. The molecule has 2 heterocycles. The minimum Gasteiger partial charge on any atom is -0.507 e. The first kappa shape index (κ1) is 37.3. The largest absolute Gasteiger partial charge is 0.507 e. The van der Waals surface area contributed by atoms with Crippen molar-refractivity contribution in [1.82, 2.24) is 30.0 Å². The molecule has 0 saturated carbocycles. The number of carbonyl (C=O) groups excluding carboxylic acids is 1. The smallest absolute Gasteiger partial charge is 0.189 e. The number of carbonyl (C=O) groups is 1. The Morgan fingerprint density at radius 3 is 1.25 bits per heavy atom. The Kier molecular flexibility index (Phi) is 11.6. The molecule has 2 aromatic heterocycles. The van der Waals surface area contributed by atoms with Crippen molar-refractivity contribution in [2.45, 2.75) is 0 Å². The van der Waals surface area contributed by atoms with Crippen LogP contribution in [0.1, 0.15) is 15.9 Å². The maximum Gasteiger partial charge on any atom is 0.189 e. The zero-order valence-corrected chi connectivity index (χ0v) is 32.2. The van der Waals surface area contributed by atoms with Gasteiger partial charge in [0, 0.05) is 37.3 Å². The molecule has 56 heavy (non-hydrogen) atoms. The predicted molar refractivity (Wildman–Crippen MR) is 218 cm³/mol. The number of fused-ring (bicyclic) bond motifs is 4. The van der Waals surface area contributed by atoms with E-state index in [1.54, 1.807) is 46.0 Å². The third kappa shape index (κ3) is 8.35. The predicted octanol–water partition coefficient (Wildman–Crippen LogP) is 10.2. The van der Waals surface area contributed by atoms with Gasteiger partial charge in [-0.1, -0.05) is 121 Å². The molecule has 0 spiro atoms. The van der Waals surface area contributed by atoms with Crippen LogP contribution in [0.15, 0.2) is 188 Å². The normalized spacial score (nSPS) is 11.0. The van der Waals surface area contributed by atoms with Crippen LogP contribution < -0.4 is 0 Å². The summed E-state index contributed by atoms with van der Waals surface area (Å²) in [5.74, 6) is -0.216. The molecule has 8 nitrogen and oxygen atoms in total. The number of rotatable bonds is 5. The van der Waals surface area contributed by atoms with E-state index in [0.29, 0.717) is 11.1 Å². The Balaban J connectivity index is 0.000000128. The fourth-order valence-electron chi connectivity index (χ4n) is 6.04. The SMILES string of the molecule is O=C(/C=C(\O)c1ccccc1)c1ccccc1.[Ir].[c-]1ccc2ccccc2c1-n1nc2ccccc2n1.[c-]1ccc2ccccc2c1-n1nc2ccccc2n1. The Morgan fingerprint density at radius 1 is 0.464 bits per heavy atom. The van der Waals surface area contributed by atoms with Gasteiger partial charge in [-0.25, -0.2) is 0 Å². The van der Waals surface area contributed by atoms with Crippen molar-refractivity contribution in [3.05, 3.63) is 211 Å². The minimum absolute atomic E-state index is 0. The molecule has 0 fully saturated rings. The average Bonchev–Trinajstić information content (AvgIpc) is 3.89. The molecule has 10 aromatic rings. The number of aromatic nitrogens is 6. The van der Waals surface area contributed by atoms with E-state index in [9.17, 15) is 9.90 Å². The molecule has 0 unspecified atom stereocenters. The number of hydrogen-bond acceptors (Lipinski definition) is 6. The van der Waals surface area contributed by atoms with Crippen LogP contribution in [0.25, 0.3) is 60.7 Å². The van der Waals surface area contributed by atoms with Gasteiger partial charge < -0.3 is 5.11 Å². The van der Waals surface area contributed by atoms with Crippen LogP contribution in [0.5, 0.6) is 0 Å². The van der Waals surface area contributed by atoms with E-state index in [4.69, 9.17) is 0 Å². The van der Waals surface area contributed by atoms with Gasteiger partial charge in [0.25, 0.3) is 0 Å². The summed E-state index contributed by atoms with van der Waals surface area (Å²) in [4.78, 5) is 15.1. The molecule has 9 heteroatoms. The zero-order valence-electron chi connectivity index (χ0n) is 29.8. The third-order valence-corrected chi connectivity index (χ3v) is 8.77. The fourth-order valence-corrected chi connectivity index (χ4v) is 6.04. The summed E-state index contributed by atoms with van der Waals surface area (Å²) in [7, 11) is 0.